The number of carbonyl (C=O) groups excluding carboxylic acids is 2. The highest BCUT2D eigenvalue weighted by Gasteiger charge is 2.31. The Kier molecular flexibility index (Phi) is 5.18. The van der Waals surface area contributed by atoms with E-state index in [2.05, 4.69) is 10.3 Å². The number of nitrogens with one attached hydrogen (secondary N) is 1. The molecule has 0 unspecified atom stereocenters. The van der Waals surface area contributed by atoms with Crippen molar-refractivity contribution in [2.45, 2.75) is 12.6 Å². The fourth-order valence-electron chi connectivity index (χ4n) is 1.95. The third kappa shape index (κ3) is 4.80. The van der Waals surface area contributed by atoms with Crippen molar-refractivity contribution >= 4 is 23.2 Å². The first kappa shape index (κ1) is 17.5. The number of halogens is 3. The van der Waals surface area contributed by atoms with E-state index < -0.39 is 18.5 Å². The summed E-state index contributed by atoms with van der Waals surface area (Å²) < 4.78 is 36.3. The van der Waals surface area contributed by atoms with Crippen LogP contribution < -0.4 is 10.2 Å². The molecule has 0 spiro atoms. The predicted octanol–water partition coefficient (Wildman–Crippen LogP) is 3.25. The number of amides is 2. The van der Waals surface area contributed by atoms with Crippen molar-refractivity contribution in [2.24, 2.45) is 0 Å². The van der Waals surface area contributed by atoms with Gasteiger partial charge in [0.25, 0.3) is 5.91 Å². The lowest BCUT2D eigenvalue weighted by Crippen LogP contribution is -2.26. The number of pyridine rings is 1. The highest BCUT2D eigenvalue weighted by atomic mass is 19.4. The van der Waals surface area contributed by atoms with Gasteiger partial charge in [-0.3, -0.25) is 14.6 Å². The van der Waals surface area contributed by atoms with Crippen LogP contribution in [-0.4, -0.2) is 30.0 Å². The molecule has 0 aliphatic rings. The van der Waals surface area contributed by atoms with Gasteiger partial charge in [-0.2, -0.15) is 13.2 Å². The number of benzene rings is 1. The minimum Gasteiger partial charge on any atom is -0.326 e. The van der Waals surface area contributed by atoms with E-state index in [-0.39, 0.29) is 11.6 Å². The minimum absolute atomic E-state index is 0.185. The van der Waals surface area contributed by atoms with Crippen LogP contribution in [0.5, 0.6) is 0 Å². The Morgan fingerprint density at radius 1 is 1.17 bits per heavy atom. The third-order valence-corrected chi connectivity index (χ3v) is 3.11. The first-order valence-electron chi connectivity index (χ1n) is 6.91. The van der Waals surface area contributed by atoms with Gasteiger partial charge in [-0.1, -0.05) is 0 Å². The molecule has 24 heavy (non-hydrogen) atoms. The van der Waals surface area contributed by atoms with Crippen molar-refractivity contribution in [1.82, 2.24) is 4.98 Å². The number of hydrogen-bond acceptors (Lipinski definition) is 3. The van der Waals surface area contributed by atoms with E-state index in [4.69, 9.17) is 0 Å². The lowest BCUT2D eigenvalue weighted by atomic mass is 10.1. The Bertz CT molecular complexity index is 716. The zero-order chi connectivity index (χ0) is 17.7. The average molecular weight is 337 g/mol. The minimum atomic E-state index is -4.56. The van der Waals surface area contributed by atoms with Crippen molar-refractivity contribution in [3.8, 4) is 0 Å². The van der Waals surface area contributed by atoms with Crippen molar-refractivity contribution in [3.05, 3.63) is 54.4 Å². The van der Waals surface area contributed by atoms with Gasteiger partial charge >= 0.3 is 6.18 Å². The maximum Gasteiger partial charge on any atom is 0.397 e. The molecule has 0 fully saturated rings. The third-order valence-electron chi connectivity index (χ3n) is 3.11. The summed E-state index contributed by atoms with van der Waals surface area (Å²) >= 11 is 0. The van der Waals surface area contributed by atoms with Gasteiger partial charge < -0.3 is 10.2 Å². The molecule has 2 rings (SSSR count). The van der Waals surface area contributed by atoms with Crippen LogP contribution in [0.1, 0.15) is 16.8 Å². The summed E-state index contributed by atoms with van der Waals surface area (Å²) in [5.74, 6) is -1.47. The van der Waals surface area contributed by atoms with Gasteiger partial charge in [0.05, 0.1) is 11.9 Å². The summed E-state index contributed by atoms with van der Waals surface area (Å²) in [7, 11) is 1.58. The number of nitrogens with zero attached hydrogens (tertiary/aromatic N) is 2. The van der Waals surface area contributed by atoms with Gasteiger partial charge in [-0.25, -0.2) is 0 Å². The highest BCUT2D eigenvalue weighted by Crippen LogP contribution is 2.21. The maximum absolute atomic E-state index is 12.3. The van der Waals surface area contributed by atoms with Crippen LogP contribution in [0, 0.1) is 0 Å². The highest BCUT2D eigenvalue weighted by molar-refractivity contribution is 6.06. The largest absolute Gasteiger partial charge is 0.397 e. The molecule has 1 N–H and O–H groups in total. The van der Waals surface area contributed by atoms with Crippen LogP contribution in [0.4, 0.5) is 24.5 Å². The van der Waals surface area contributed by atoms with Gasteiger partial charge in [0, 0.05) is 24.5 Å². The molecule has 8 heteroatoms. The summed E-state index contributed by atoms with van der Waals surface area (Å²) in [5.41, 5.74) is 1.12. The average Bonchev–Trinajstić information content (AvgIpc) is 2.53. The van der Waals surface area contributed by atoms with Crippen molar-refractivity contribution in [1.29, 1.82) is 0 Å². The topological polar surface area (TPSA) is 62.3 Å². The van der Waals surface area contributed by atoms with Crippen molar-refractivity contribution in [2.75, 3.05) is 17.3 Å². The fraction of sp³-hybridized carbons (Fsp3) is 0.188. The molecule has 1 aromatic heterocycles. The second-order valence-electron chi connectivity index (χ2n) is 4.99. The molecule has 0 atom stereocenters. The number of anilines is 2. The van der Waals surface area contributed by atoms with Gasteiger partial charge in [0.2, 0.25) is 5.91 Å². The van der Waals surface area contributed by atoms with Gasteiger partial charge in [0.15, 0.2) is 0 Å². The lowest BCUT2D eigenvalue weighted by Gasteiger charge is -2.17. The Labute approximate surface area is 136 Å². The lowest BCUT2D eigenvalue weighted by molar-refractivity contribution is -0.150. The number of rotatable bonds is 4. The van der Waals surface area contributed by atoms with Gasteiger partial charge in [-0.15, -0.1) is 0 Å². The zero-order valence-corrected chi connectivity index (χ0v) is 12.7. The fourth-order valence-corrected chi connectivity index (χ4v) is 1.95. The molecule has 1 heterocycles. The van der Waals surface area contributed by atoms with E-state index in [1.54, 1.807) is 25.4 Å². The monoisotopic (exact) mass is 337 g/mol. The zero-order valence-electron chi connectivity index (χ0n) is 12.7. The molecule has 2 aromatic rings. The van der Waals surface area contributed by atoms with Crippen LogP contribution in [0.25, 0.3) is 0 Å². The first-order valence-corrected chi connectivity index (χ1v) is 6.91. The summed E-state index contributed by atoms with van der Waals surface area (Å²) in [6, 6.07) is 9.02. The van der Waals surface area contributed by atoms with Gasteiger partial charge in [-0.05, 0) is 36.4 Å². The SMILES string of the molecule is CN(C(=O)c1ccc(NC(=O)CC(F)(F)F)cc1)c1cccnc1. The van der Waals surface area contributed by atoms with Crippen molar-refractivity contribution < 1.29 is 22.8 Å². The molecule has 0 saturated carbocycles. The van der Waals surface area contributed by atoms with Crippen LogP contribution in [0.2, 0.25) is 0 Å². The Balaban J connectivity index is 2.04. The molecule has 0 bridgehead atoms. The predicted molar refractivity (Wildman–Crippen MR) is 82.7 cm³/mol. The number of aromatic nitrogens is 1. The van der Waals surface area contributed by atoms with E-state index in [0.717, 1.165) is 0 Å². The number of hydrogen-bond donors (Lipinski definition) is 1. The van der Waals surface area contributed by atoms with E-state index >= 15 is 0 Å². The smallest absolute Gasteiger partial charge is 0.326 e. The van der Waals surface area contributed by atoms with E-state index in [1.165, 1.54) is 35.4 Å². The molecular formula is C16H14F3N3O2. The summed E-state index contributed by atoms with van der Waals surface area (Å²) in [4.78, 5) is 28.9. The van der Waals surface area contributed by atoms with Crippen LogP contribution >= 0.6 is 0 Å². The molecule has 2 amide bonds. The molecule has 0 saturated heterocycles. The van der Waals surface area contributed by atoms with Gasteiger partial charge in [0.1, 0.15) is 6.42 Å². The number of carbonyl (C=O) groups is 2. The second-order valence-corrected chi connectivity index (χ2v) is 4.99. The Morgan fingerprint density at radius 3 is 2.38 bits per heavy atom. The van der Waals surface area contributed by atoms with Crippen molar-refractivity contribution in [3.63, 3.8) is 0 Å². The first-order chi connectivity index (χ1) is 11.3. The quantitative estimate of drug-likeness (QED) is 0.931. The molecular weight excluding hydrogens is 323 g/mol. The summed E-state index contributed by atoms with van der Waals surface area (Å²) in [6.45, 7) is 0. The normalized spacial score (nSPS) is 11.0. The molecule has 126 valence electrons. The Hall–Kier alpha value is -2.90. The van der Waals surface area contributed by atoms with Crippen LogP contribution in [0.3, 0.4) is 0 Å². The van der Waals surface area contributed by atoms with E-state index in [0.29, 0.717) is 11.3 Å². The van der Waals surface area contributed by atoms with E-state index in [1.807, 2.05) is 0 Å². The standard InChI is InChI=1S/C16H14F3N3O2/c1-22(13-3-2-8-20-10-13)15(24)11-4-6-12(7-5-11)21-14(23)9-16(17,18)19/h2-8,10H,9H2,1H3,(H,21,23). The molecule has 0 aliphatic heterocycles. The second kappa shape index (κ2) is 7.12. The summed E-state index contributed by atoms with van der Waals surface area (Å²) in [6.07, 6.45) is -3.01. The Morgan fingerprint density at radius 2 is 1.83 bits per heavy atom. The van der Waals surface area contributed by atoms with Crippen LogP contribution in [-0.2, 0) is 4.79 Å². The maximum atomic E-state index is 12.3. The van der Waals surface area contributed by atoms with E-state index in [9.17, 15) is 22.8 Å². The molecule has 0 aliphatic carbocycles. The summed E-state index contributed by atoms with van der Waals surface area (Å²) in [5, 5.41) is 2.13. The molecule has 0 radical (unpaired) electrons. The molecule has 5 nitrogen and oxygen atoms in total. The number of alkyl halides is 3. The van der Waals surface area contributed by atoms with Crippen LogP contribution in [0.15, 0.2) is 48.8 Å². The molecule has 1 aromatic carbocycles.